The number of rotatable bonds is 35. The highest BCUT2D eigenvalue weighted by molar-refractivity contribution is 5.87. The second-order valence-electron chi connectivity index (χ2n) is 16.1. The number of hydrogen-bond acceptors (Lipinski definition) is 14. The second kappa shape index (κ2) is 37.8. The van der Waals surface area contributed by atoms with Crippen molar-refractivity contribution < 1.29 is 61.9 Å². The molecule has 0 fully saturated rings. The Morgan fingerprint density at radius 3 is 1.80 bits per heavy atom. The Kier molecular flexibility index (Phi) is 35.2. The van der Waals surface area contributed by atoms with Crippen molar-refractivity contribution >= 4 is 29.7 Å². The Balaban J connectivity index is 0.00000180. The highest BCUT2D eigenvalue weighted by Crippen LogP contribution is 2.35. The van der Waals surface area contributed by atoms with Gasteiger partial charge in [0.25, 0.3) is 0 Å². The Bertz CT molecular complexity index is 1440. The monoisotopic (exact) mass is 929 g/mol. The van der Waals surface area contributed by atoms with E-state index in [0.29, 0.717) is 94.7 Å². The largest absolute Gasteiger partial charge is 0.496 e. The molecule has 0 aliphatic carbocycles. The lowest BCUT2D eigenvalue weighted by Crippen LogP contribution is -2.48. The van der Waals surface area contributed by atoms with Crippen LogP contribution in [0.1, 0.15) is 106 Å². The molecule has 376 valence electrons. The molecule has 0 bridgehead atoms. The van der Waals surface area contributed by atoms with E-state index in [4.69, 9.17) is 43.6 Å². The van der Waals surface area contributed by atoms with E-state index >= 15 is 0 Å². The molecule has 19 nitrogen and oxygen atoms in total. The number of unbranched alkanes of at least 4 members (excludes halogenated alkanes) is 3. The molecule has 0 spiro atoms. The zero-order chi connectivity index (χ0) is 48.9. The number of nitrogens with two attached hydrogens (primary N) is 1. The molecule has 0 aromatic heterocycles. The maximum atomic E-state index is 13.9. The van der Waals surface area contributed by atoms with Gasteiger partial charge in [-0.15, -0.1) is 0 Å². The van der Waals surface area contributed by atoms with E-state index < -0.39 is 17.7 Å². The van der Waals surface area contributed by atoms with Crippen LogP contribution < -0.4 is 41.2 Å². The van der Waals surface area contributed by atoms with E-state index in [1.807, 2.05) is 13.8 Å². The molecule has 65 heavy (non-hydrogen) atoms. The van der Waals surface area contributed by atoms with Gasteiger partial charge >= 0.3 is 6.09 Å². The topological polar surface area (TPSA) is 237 Å². The van der Waals surface area contributed by atoms with Crippen LogP contribution in [0.15, 0.2) is 12.1 Å². The second-order valence-corrected chi connectivity index (χ2v) is 16.1. The van der Waals surface area contributed by atoms with E-state index in [0.717, 1.165) is 12.8 Å². The summed E-state index contributed by atoms with van der Waals surface area (Å²) in [5.41, 5.74) is 5.34. The van der Waals surface area contributed by atoms with E-state index in [-0.39, 0.29) is 75.6 Å². The van der Waals surface area contributed by atoms with Crippen molar-refractivity contribution in [2.45, 2.75) is 119 Å². The molecule has 0 saturated heterocycles. The quantitative estimate of drug-likeness (QED) is 0.0603. The van der Waals surface area contributed by atoms with Gasteiger partial charge in [0, 0.05) is 64.6 Å². The molecule has 2 unspecified atom stereocenters. The van der Waals surface area contributed by atoms with Gasteiger partial charge in [0.05, 0.1) is 85.8 Å². The van der Waals surface area contributed by atoms with Crippen LogP contribution in [0.5, 0.6) is 17.2 Å². The molecule has 0 saturated carbocycles. The van der Waals surface area contributed by atoms with Crippen LogP contribution in [0.25, 0.3) is 0 Å². The molecular weight excluding hydrogens is 845 g/mol. The molecule has 0 aliphatic rings. The highest BCUT2D eigenvalue weighted by atomic mass is 16.6. The number of alkyl carbamates (subject to hydrolysis) is 1. The fourth-order valence-electron chi connectivity index (χ4n) is 5.98. The van der Waals surface area contributed by atoms with E-state index in [1.54, 1.807) is 37.8 Å². The van der Waals surface area contributed by atoms with Gasteiger partial charge in [0.1, 0.15) is 28.9 Å². The minimum absolute atomic E-state index is 0.0967. The van der Waals surface area contributed by atoms with Crippen LogP contribution in [-0.2, 0) is 49.4 Å². The Hall–Kier alpha value is -4.43. The average molecular weight is 929 g/mol. The number of nitrogens with zero attached hydrogens (tertiary/aromatic N) is 1. The van der Waals surface area contributed by atoms with Gasteiger partial charge in [0.15, 0.2) is 0 Å². The number of benzene rings is 1. The standard InChI is InChI=1S/C32H54N4O10.C14H30N2O3/c1-9-45-25-20-28(41-7)26(29(21-25)42-8)22-36(30(39)27(35-24(3)38)12-10-11-13-33-23(2)37)15-17-44-19-18-43-16-14-34-31(40)46-32(4,5)6;1-3-4-5-6-13(2)14(17)16-8-10-19-12-11-18-9-7-15/h20-21,27H,9-19,22H2,1-8H3,(H,33,37)(H,34,40)(H,35,38);13H,3-12,15H2,1-2H3,(H,16,17). The summed E-state index contributed by atoms with van der Waals surface area (Å²) in [5, 5.41) is 11.0. The van der Waals surface area contributed by atoms with Gasteiger partial charge in [-0.3, -0.25) is 19.2 Å². The fourth-order valence-corrected chi connectivity index (χ4v) is 5.98. The number of ether oxygens (including phenoxy) is 8. The summed E-state index contributed by atoms with van der Waals surface area (Å²) in [6.07, 6.45) is 5.61. The van der Waals surface area contributed by atoms with Gasteiger partial charge in [-0.2, -0.15) is 0 Å². The van der Waals surface area contributed by atoms with Crippen molar-refractivity contribution in [3.8, 4) is 17.2 Å². The van der Waals surface area contributed by atoms with E-state index in [1.165, 1.54) is 40.9 Å². The van der Waals surface area contributed by atoms with Gasteiger partial charge in [-0.25, -0.2) is 4.79 Å². The van der Waals surface area contributed by atoms with Crippen molar-refractivity contribution in [3.05, 3.63) is 17.7 Å². The van der Waals surface area contributed by atoms with Crippen LogP contribution in [0.3, 0.4) is 0 Å². The zero-order valence-corrected chi connectivity index (χ0v) is 41.2. The first-order valence-electron chi connectivity index (χ1n) is 23.0. The normalized spacial score (nSPS) is 11.9. The van der Waals surface area contributed by atoms with Crippen LogP contribution in [0.2, 0.25) is 0 Å². The summed E-state index contributed by atoms with van der Waals surface area (Å²) in [5.74, 6) is 1.02. The summed E-state index contributed by atoms with van der Waals surface area (Å²) in [6, 6.07) is 2.70. The molecule has 1 aromatic rings. The Labute approximate surface area is 388 Å². The summed E-state index contributed by atoms with van der Waals surface area (Å²) in [4.78, 5) is 62.2. The summed E-state index contributed by atoms with van der Waals surface area (Å²) in [7, 11) is 3.06. The van der Waals surface area contributed by atoms with Crippen LogP contribution >= 0.6 is 0 Å². The first-order valence-corrected chi connectivity index (χ1v) is 23.0. The number of carbonyl (C=O) groups excluding carboxylic acids is 5. The average Bonchev–Trinajstić information content (AvgIpc) is 3.25. The lowest BCUT2D eigenvalue weighted by molar-refractivity contribution is -0.137. The number of hydrogen-bond donors (Lipinski definition) is 5. The molecule has 5 amide bonds. The third-order valence-electron chi connectivity index (χ3n) is 9.18. The maximum absolute atomic E-state index is 13.9. The van der Waals surface area contributed by atoms with Crippen LogP contribution in [0.4, 0.5) is 4.79 Å². The van der Waals surface area contributed by atoms with Crippen molar-refractivity contribution in [2.24, 2.45) is 11.7 Å². The highest BCUT2D eigenvalue weighted by Gasteiger charge is 2.27. The number of nitrogens with one attached hydrogen (secondary N) is 4. The number of amides is 5. The molecule has 0 radical (unpaired) electrons. The summed E-state index contributed by atoms with van der Waals surface area (Å²) < 4.78 is 43.9. The smallest absolute Gasteiger partial charge is 0.407 e. The first-order chi connectivity index (χ1) is 31.0. The minimum Gasteiger partial charge on any atom is -0.496 e. The number of carbonyl (C=O) groups is 5. The molecule has 0 aliphatic heterocycles. The summed E-state index contributed by atoms with van der Waals surface area (Å²) >= 11 is 0. The van der Waals surface area contributed by atoms with Gasteiger partial charge < -0.3 is 69.8 Å². The van der Waals surface area contributed by atoms with Crippen LogP contribution in [-0.4, -0.2) is 153 Å². The van der Waals surface area contributed by atoms with Gasteiger partial charge in [0.2, 0.25) is 23.6 Å². The third kappa shape index (κ3) is 32.0. The predicted octanol–water partition coefficient (Wildman–Crippen LogP) is 4.11. The lowest BCUT2D eigenvalue weighted by atomic mass is 10.0. The van der Waals surface area contributed by atoms with Gasteiger partial charge in [-0.05, 0) is 53.4 Å². The predicted molar refractivity (Wildman–Crippen MR) is 249 cm³/mol. The summed E-state index contributed by atoms with van der Waals surface area (Å²) in [6.45, 7) is 20.1. The van der Waals surface area contributed by atoms with Gasteiger partial charge in [-0.1, -0.05) is 33.1 Å². The molecule has 1 rings (SSSR count). The SMILES string of the molecule is CCCCCC(C)C(=O)NCCOCCOCCN.CCOc1cc(OC)c(CN(CCOCCOCCNC(=O)OC(C)(C)C)C(=O)C(CCCCNC(C)=O)NC(C)=O)c(OC)c1. The van der Waals surface area contributed by atoms with E-state index in [9.17, 15) is 24.0 Å². The molecular formula is C46H84N6O13. The lowest BCUT2D eigenvalue weighted by Gasteiger charge is -2.29. The van der Waals surface area contributed by atoms with Crippen molar-refractivity contribution in [2.75, 3.05) is 106 Å². The van der Waals surface area contributed by atoms with Crippen LogP contribution in [0, 0.1) is 5.92 Å². The molecule has 0 heterocycles. The molecule has 1 aromatic carbocycles. The fraction of sp³-hybridized carbons (Fsp3) is 0.761. The first kappa shape index (κ1) is 60.6. The molecule has 19 heteroatoms. The minimum atomic E-state index is -0.782. The molecule has 2 atom stereocenters. The van der Waals surface area contributed by atoms with Crippen molar-refractivity contribution in [1.29, 1.82) is 0 Å². The van der Waals surface area contributed by atoms with Crippen molar-refractivity contribution in [1.82, 2.24) is 26.2 Å². The zero-order valence-electron chi connectivity index (χ0n) is 41.2. The maximum Gasteiger partial charge on any atom is 0.407 e. The Morgan fingerprint density at radius 2 is 1.28 bits per heavy atom. The third-order valence-corrected chi connectivity index (χ3v) is 9.18. The van der Waals surface area contributed by atoms with Crippen molar-refractivity contribution in [3.63, 3.8) is 0 Å². The number of methoxy groups -OCH3 is 2. The van der Waals surface area contributed by atoms with E-state index in [2.05, 4.69) is 28.2 Å². The Morgan fingerprint density at radius 1 is 0.708 bits per heavy atom. The molecule has 6 N–H and O–H groups in total.